The minimum Gasteiger partial charge on any atom is -0.493 e. The molecule has 0 amide bonds. The van der Waals surface area contributed by atoms with Crippen LogP contribution in [0.25, 0.3) is 6.08 Å². The molecular weight excluding hydrogens is 703 g/mol. The molecule has 0 unspecified atom stereocenters. The minimum absolute atomic E-state index is 0.200. The highest BCUT2D eigenvalue weighted by Crippen LogP contribution is 2.35. The Bertz CT molecular complexity index is 2020. The van der Waals surface area contributed by atoms with Crippen LogP contribution < -0.4 is 29.3 Å². The van der Waals surface area contributed by atoms with Gasteiger partial charge in [0, 0.05) is 25.3 Å². The van der Waals surface area contributed by atoms with E-state index in [0.717, 1.165) is 25.9 Å². The van der Waals surface area contributed by atoms with E-state index in [4.69, 9.17) is 14.2 Å². The zero-order valence-electron chi connectivity index (χ0n) is 25.5. The first-order chi connectivity index (χ1) is 21.7. The maximum absolute atomic E-state index is 14.1. The molecule has 0 aliphatic carbocycles. The van der Waals surface area contributed by atoms with Crippen molar-refractivity contribution in [3.63, 3.8) is 0 Å². The van der Waals surface area contributed by atoms with Gasteiger partial charge < -0.3 is 19.1 Å². The van der Waals surface area contributed by atoms with E-state index in [0.29, 0.717) is 37.7 Å². The number of esters is 1. The maximum atomic E-state index is 14.1. The van der Waals surface area contributed by atoms with E-state index >= 15 is 0 Å². The number of fused-ring (bicyclic) bond motifs is 1. The highest BCUT2D eigenvalue weighted by atomic mass is 127. The van der Waals surface area contributed by atoms with Crippen molar-refractivity contribution in [3.8, 4) is 17.6 Å². The number of halogens is 1. The summed E-state index contributed by atoms with van der Waals surface area (Å²) >= 11 is 3.43. The number of allylic oxidation sites excluding steroid dienone is 1. The average molecular weight is 735 g/mol. The SMILES string of the molecule is CCOC(=O)C1=C(C)N=c2s/c(=C/c3cc(I)c(OCc4ccccc4C#N)c(OC)c3)c(=O)n2[C@@H]1c1ccc(N(C)C)cc1. The van der Waals surface area contributed by atoms with Crippen LogP contribution in [0.3, 0.4) is 0 Å². The number of hydrogen-bond acceptors (Lipinski definition) is 9. The highest BCUT2D eigenvalue weighted by molar-refractivity contribution is 14.1. The number of thiazole rings is 1. The number of rotatable bonds is 9. The Hall–Kier alpha value is -4.41. The molecule has 5 rings (SSSR count). The van der Waals surface area contributed by atoms with Crippen molar-refractivity contribution in [2.45, 2.75) is 26.5 Å². The Kier molecular flexibility index (Phi) is 9.74. The topological polar surface area (TPSA) is 106 Å². The summed E-state index contributed by atoms with van der Waals surface area (Å²) in [6, 6.07) is 20.2. The van der Waals surface area contributed by atoms with Gasteiger partial charge in [-0.1, -0.05) is 41.7 Å². The van der Waals surface area contributed by atoms with Gasteiger partial charge in [-0.05, 0) is 84.0 Å². The fourth-order valence-corrected chi connectivity index (χ4v) is 6.91. The fourth-order valence-electron chi connectivity index (χ4n) is 5.08. The zero-order chi connectivity index (χ0) is 32.2. The number of carbonyl (C=O) groups excluding carboxylic acids is 1. The molecule has 3 aromatic carbocycles. The van der Waals surface area contributed by atoms with Crippen LogP contribution >= 0.6 is 33.9 Å². The molecule has 2 heterocycles. The third kappa shape index (κ3) is 6.53. The number of aromatic nitrogens is 1. The van der Waals surface area contributed by atoms with Gasteiger partial charge in [-0.2, -0.15) is 5.26 Å². The summed E-state index contributed by atoms with van der Waals surface area (Å²) in [5.41, 5.74) is 4.41. The molecule has 9 nitrogen and oxygen atoms in total. The van der Waals surface area contributed by atoms with Gasteiger partial charge in [0.2, 0.25) is 0 Å². The lowest BCUT2D eigenvalue weighted by Crippen LogP contribution is -2.39. The van der Waals surface area contributed by atoms with Crippen LogP contribution in [-0.2, 0) is 16.1 Å². The molecule has 1 atom stereocenters. The summed E-state index contributed by atoms with van der Waals surface area (Å²) in [6.07, 6.45) is 1.79. The second-order valence-electron chi connectivity index (χ2n) is 10.4. The lowest BCUT2D eigenvalue weighted by Gasteiger charge is -2.25. The van der Waals surface area contributed by atoms with Gasteiger partial charge in [-0.15, -0.1) is 0 Å². The molecule has 0 bridgehead atoms. The van der Waals surface area contributed by atoms with Gasteiger partial charge in [0.1, 0.15) is 6.61 Å². The van der Waals surface area contributed by atoms with Crippen molar-refractivity contribution < 1.29 is 19.0 Å². The van der Waals surface area contributed by atoms with E-state index < -0.39 is 12.0 Å². The molecule has 230 valence electrons. The van der Waals surface area contributed by atoms with E-state index in [1.807, 2.05) is 67.5 Å². The summed E-state index contributed by atoms with van der Waals surface area (Å²) in [6.45, 7) is 3.93. The lowest BCUT2D eigenvalue weighted by molar-refractivity contribution is -0.139. The molecule has 0 radical (unpaired) electrons. The number of carbonyl (C=O) groups is 1. The number of nitriles is 1. The van der Waals surface area contributed by atoms with Crippen molar-refractivity contribution in [2.75, 3.05) is 32.7 Å². The Morgan fingerprint density at radius 2 is 1.91 bits per heavy atom. The Morgan fingerprint density at radius 3 is 2.58 bits per heavy atom. The van der Waals surface area contributed by atoms with Gasteiger partial charge in [0.05, 0.1) is 50.8 Å². The van der Waals surface area contributed by atoms with E-state index in [9.17, 15) is 14.9 Å². The molecular formula is C34H31IN4O5S. The van der Waals surface area contributed by atoms with E-state index in [2.05, 4.69) is 33.7 Å². The molecule has 1 aliphatic heterocycles. The van der Waals surface area contributed by atoms with Gasteiger partial charge in [-0.25, -0.2) is 9.79 Å². The summed E-state index contributed by atoms with van der Waals surface area (Å²) in [7, 11) is 5.46. The number of hydrogen-bond donors (Lipinski definition) is 0. The van der Waals surface area contributed by atoms with Crippen LogP contribution in [0.1, 0.15) is 42.1 Å². The Labute approximate surface area is 278 Å². The van der Waals surface area contributed by atoms with Gasteiger partial charge in [0.25, 0.3) is 5.56 Å². The van der Waals surface area contributed by atoms with Crippen molar-refractivity contribution in [3.05, 3.63) is 117 Å². The summed E-state index contributed by atoms with van der Waals surface area (Å²) in [5, 5.41) is 9.43. The first kappa shape index (κ1) is 32.0. The Balaban J connectivity index is 1.57. The Morgan fingerprint density at radius 1 is 1.18 bits per heavy atom. The van der Waals surface area contributed by atoms with Crippen LogP contribution in [0, 0.1) is 14.9 Å². The molecule has 1 aromatic heterocycles. The molecule has 0 fully saturated rings. The maximum Gasteiger partial charge on any atom is 0.338 e. The molecule has 11 heteroatoms. The number of anilines is 1. The standard InChI is InChI=1S/C34H31IN4O5S/c1-6-43-33(41)29-20(2)37-34-39(30(29)22-11-13-25(14-12-22)38(3)4)32(40)28(45-34)17-21-15-26(35)31(27(16-21)42-5)44-19-24-10-8-7-9-23(24)18-36/h7-17,30H,6,19H2,1-5H3/b28-17+/t30-/m1/s1. The second kappa shape index (κ2) is 13.7. The van der Waals surface area contributed by atoms with E-state index in [-0.39, 0.29) is 18.8 Å². The first-order valence-corrected chi connectivity index (χ1v) is 16.0. The largest absolute Gasteiger partial charge is 0.493 e. The minimum atomic E-state index is -0.694. The predicted molar refractivity (Wildman–Crippen MR) is 182 cm³/mol. The van der Waals surface area contributed by atoms with Crippen LogP contribution in [0.2, 0.25) is 0 Å². The molecule has 0 saturated heterocycles. The predicted octanol–water partition coefficient (Wildman–Crippen LogP) is 4.93. The third-order valence-corrected chi connectivity index (χ3v) is 9.09. The number of methoxy groups -OCH3 is 1. The van der Waals surface area contributed by atoms with Crippen molar-refractivity contribution in [1.82, 2.24) is 4.57 Å². The van der Waals surface area contributed by atoms with Crippen LogP contribution in [-0.4, -0.2) is 38.3 Å². The molecule has 0 spiro atoms. The molecule has 45 heavy (non-hydrogen) atoms. The molecule has 0 N–H and O–H groups in total. The highest BCUT2D eigenvalue weighted by Gasteiger charge is 2.33. The summed E-state index contributed by atoms with van der Waals surface area (Å²) in [4.78, 5) is 34.4. The molecule has 4 aromatic rings. The van der Waals surface area contributed by atoms with Crippen LogP contribution in [0.5, 0.6) is 11.5 Å². The van der Waals surface area contributed by atoms with E-state index in [1.54, 1.807) is 43.7 Å². The molecule has 1 aliphatic rings. The number of ether oxygens (including phenoxy) is 3. The molecule has 0 saturated carbocycles. The number of benzene rings is 3. The quantitative estimate of drug-likeness (QED) is 0.178. The monoisotopic (exact) mass is 734 g/mol. The van der Waals surface area contributed by atoms with Gasteiger partial charge in [0.15, 0.2) is 16.3 Å². The summed E-state index contributed by atoms with van der Waals surface area (Å²) < 4.78 is 20.0. The van der Waals surface area contributed by atoms with Crippen molar-refractivity contribution in [1.29, 1.82) is 5.26 Å². The van der Waals surface area contributed by atoms with Crippen molar-refractivity contribution in [2.24, 2.45) is 4.99 Å². The van der Waals surface area contributed by atoms with E-state index in [1.165, 1.54) is 11.3 Å². The third-order valence-electron chi connectivity index (χ3n) is 7.30. The van der Waals surface area contributed by atoms with Crippen molar-refractivity contribution >= 4 is 51.7 Å². The number of nitrogens with zero attached hydrogens (tertiary/aromatic N) is 4. The van der Waals surface area contributed by atoms with Crippen LogP contribution in [0.15, 0.2) is 81.7 Å². The smallest absolute Gasteiger partial charge is 0.338 e. The first-order valence-electron chi connectivity index (χ1n) is 14.1. The van der Waals surface area contributed by atoms with Crippen LogP contribution in [0.4, 0.5) is 5.69 Å². The average Bonchev–Trinajstić information content (AvgIpc) is 3.33. The lowest BCUT2D eigenvalue weighted by atomic mass is 9.95. The normalized spacial score (nSPS) is 14.3. The van der Waals surface area contributed by atoms with Gasteiger partial charge in [-0.3, -0.25) is 9.36 Å². The van der Waals surface area contributed by atoms with Gasteiger partial charge >= 0.3 is 5.97 Å². The summed E-state index contributed by atoms with van der Waals surface area (Å²) in [5.74, 6) is 0.539. The second-order valence-corrected chi connectivity index (χ2v) is 12.6. The zero-order valence-corrected chi connectivity index (χ0v) is 28.4. The fraction of sp³-hybridized carbons (Fsp3) is 0.235.